The molecule has 7 nitrogen and oxygen atoms in total. The number of carbonyl (C=O) groups is 3. The Hall–Kier alpha value is -3.26. The van der Waals surface area contributed by atoms with Crippen molar-refractivity contribution in [1.82, 2.24) is 0 Å². The molecule has 2 aromatic carbocycles. The van der Waals surface area contributed by atoms with Gasteiger partial charge in [0.05, 0.1) is 17.9 Å². The summed E-state index contributed by atoms with van der Waals surface area (Å²) < 4.78 is 27.6. The largest absolute Gasteiger partial charge is 0.456 e. The van der Waals surface area contributed by atoms with Crippen molar-refractivity contribution in [3.63, 3.8) is 0 Å². The lowest BCUT2D eigenvalue weighted by molar-refractivity contribution is -0.147. The molecule has 1 aliphatic heterocycles. The first-order valence-electron chi connectivity index (χ1n) is 8.89. The molecule has 1 heterocycles. The summed E-state index contributed by atoms with van der Waals surface area (Å²) in [5.41, 5.74) is 1.12. The molecule has 0 spiro atoms. The van der Waals surface area contributed by atoms with Crippen LogP contribution >= 0.6 is 0 Å². The number of rotatable bonds is 7. The molecule has 1 amide bonds. The van der Waals surface area contributed by atoms with Crippen LogP contribution in [-0.2, 0) is 24.2 Å². The molecular formula is C21H19NO6S. The van der Waals surface area contributed by atoms with Crippen LogP contribution in [0.5, 0.6) is 0 Å². The minimum Gasteiger partial charge on any atom is -0.456 e. The lowest BCUT2D eigenvalue weighted by atomic mass is 10.0. The highest BCUT2D eigenvalue weighted by Crippen LogP contribution is 2.20. The van der Waals surface area contributed by atoms with Gasteiger partial charge in [0, 0.05) is 22.5 Å². The molecule has 1 atom stereocenters. The van der Waals surface area contributed by atoms with Crippen LogP contribution in [0.1, 0.15) is 22.3 Å². The Morgan fingerprint density at radius 2 is 1.69 bits per heavy atom. The Morgan fingerprint density at radius 3 is 2.38 bits per heavy atom. The Labute approximate surface area is 168 Å². The summed E-state index contributed by atoms with van der Waals surface area (Å²) in [7, 11) is -3.25. The van der Waals surface area contributed by atoms with E-state index in [1.54, 1.807) is 54.6 Å². The van der Waals surface area contributed by atoms with Gasteiger partial charge in [-0.15, -0.1) is 0 Å². The van der Waals surface area contributed by atoms with Crippen LogP contribution in [0.3, 0.4) is 0 Å². The Morgan fingerprint density at radius 1 is 1.00 bits per heavy atom. The predicted molar refractivity (Wildman–Crippen MR) is 107 cm³/mol. The average molecular weight is 413 g/mol. The molecule has 0 aliphatic carbocycles. The quantitative estimate of drug-likeness (QED) is 0.552. The summed E-state index contributed by atoms with van der Waals surface area (Å²) in [5, 5.41) is 3.66. The fourth-order valence-electron chi connectivity index (χ4n) is 2.91. The summed E-state index contributed by atoms with van der Waals surface area (Å²) in [4.78, 5) is 36.7. The van der Waals surface area contributed by atoms with Crippen molar-refractivity contribution < 1.29 is 27.5 Å². The van der Waals surface area contributed by atoms with Crippen molar-refractivity contribution in [2.75, 3.05) is 17.7 Å². The molecule has 150 valence electrons. The van der Waals surface area contributed by atoms with E-state index in [9.17, 15) is 22.8 Å². The maximum atomic E-state index is 12.7. The number of nitrogens with one attached hydrogen (secondary N) is 1. The summed E-state index contributed by atoms with van der Waals surface area (Å²) in [6.45, 7) is -0.532. The number of ether oxygens (including phenoxy) is 1. The molecule has 29 heavy (non-hydrogen) atoms. The van der Waals surface area contributed by atoms with Gasteiger partial charge in [0.15, 0.2) is 22.2 Å². The van der Waals surface area contributed by atoms with Crippen LogP contribution in [0.25, 0.3) is 0 Å². The average Bonchev–Trinajstić information content (AvgIpc) is 3.05. The first-order chi connectivity index (χ1) is 13.8. The normalized spacial score (nSPS) is 16.9. The molecule has 0 fully saturated rings. The van der Waals surface area contributed by atoms with Gasteiger partial charge in [-0.1, -0.05) is 48.5 Å². The van der Waals surface area contributed by atoms with Crippen LogP contribution in [0.4, 0.5) is 5.69 Å². The molecule has 1 N–H and O–H groups in total. The molecular weight excluding hydrogens is 394 g/mol. The number of esters is 1. The van der Waals surface area contributed by atoms with E-state index < -0.39 is 34.2 Å². The van der Waals surface area contributed by atoms with Crippen molar-refractivity contribution in [2.45, 2.75) is 6.42 Å². The van der Waals surface area contributed by atoms with Crippen molar-refractivity contribution in [3.05, 3.63) is 77.2 Å². The summed E-state index contributed by atoms with van der Waals surface area (Å²) in [5.74, 6) is -2.09. The minimum atomic E-state index is -3.25. The van der Waals surface area contributed by atoms with E-state index in [-0.39, 0.29) is 18.0 Å². The van der Waals surface area contributed by atoms with Gasteiger partial charge >= 0.3 is 5.97 Å². The van der Waals surface area contributed by atoms with Gasteiger partial charge in [-0.05, 0) is 12.1 Å². The van der Waals surface area contributed by atoms with Gasteiger partial charge in [0.2, 0.25) is 0 Å². The third kappa shape index (κ3) is 5.61. The number of allylic oxidation sites excluding steroid dienone is 1. The monoisotopic (exact) mass is 413 g/mol. The van der Waals surface area contributed by atoms with E-state index in [0.717, 1.165) is 5.41 Å². The van der Waals surface area contributed by atoms with Crippen LogP contribution in [0.2, 0.25) is 0 Å². The Bertz CT molecular complexity index is 1060. The third-order valence-electron chi connectivity index (χ3n) is 4.28. The smallest absolute Gasteiger partial charge is 0.306 e. The van der Waals surface area contributed by atoms with Gasteiger partial charge < -0.3 is 10.1 Å². The van der Waals surface area contributed by atoms with Crippen molar-refractivity contribution in [2.24, 2.45) is 5.92 Å². The second kappa shape index (κ2) is 8.83. The Kier molecular flexibility index (Phi) is 6.23. The zero-order valence-corrected chi connectivity index (χ0v) is 16.2. The van der Waals surface area contributed by atoms with Crippen LogP contribution in [0.15, 0.2) is 66.1 Å². The molecule has 1 unspecified atom stereocenters. The standard InChI is InChI=1S/C21H19NO6S/c23-19(13-28-20(24)12-15-10-11-29(26,27)14-15)22-18-9-5-4-8-17(18)21(25)16-6-2-1-3-7-16/h1-11,15H,12-14H2,(H,22,23). The summed E-state index contributed by atoms with van der Waals surface area (Å²) in [6.07, 6.45) is 1.33. The molecule has 0 bridgehead atoms. The number of para-hydroxylation sites is 1. The number of amides is 1. The van der Waals surface area contributed by atoms with Gasteiger partial charge in [0.1, 0.15) is 0 Å². The number of ketones is 1. The van der Waals surface area contributed by atoms with E-state index in [4.69, 9.17) is 4.74 Å². The van der Waals surface area contributed by atoms with E-state index in [2.05, 4.69) is 5.32 Å². The van der Waals surface area contributed by atoms with Crippen molar-refractivity contribution >= 4 is 33.2 Å². The van der Waals surface area contributed by atoms with Gasteiger partial charge in [-0.25, -0.2) is 8.42 Å². The van der Waals surface area contributed by atoms with Gasteiger partial charge in [0.25, 0.3) is 5.91 Å². The van der Waals surface area contributed by atoms with E-state index in [1.807, 2.05) is 0 Å². The van der Waals surface area contributed by atoms with Gasteiger partial charge in [-0.3, -0.25) is 14.4 Å². The molecule has 1 aliphatic rings. The van der Waals surface area contributed by atoms with Gasteiger partial charge in [-0.2, -0.15) is 0 Å². The topological polar surface area (TPSA) is 107 Å². The maximum absolute atomic E-state index is 12.7. The highest BCUT2D eigenvalue weighted by molar-refractivity contribution is 7.94. The number of hydrogen-bond donors (Lipinski definition) is 1. The zero-order chi connectivity index (χ0) is 20.9. The first kappa shape index (κ1) is 20.5. The van der Waals surface area contributed by atoms with Crippen molar-refractivity contribution in [1.29, 1.82) is 0 Å². The number of benzene rings is 2. The van der Waals surface area contributed by atoms with E-state index in [0.29, 0.717) is 16.8 Å². The zero-order valence-electron chi connectivity index (χ0n) is 15.4. The SMILES string of the molecule is O=C(COC(=O)CC1C=CS(=O)(=O)C1)Nc1ccccc1C(=O)c1ccccc1. The molecule has 0 saturated heterocycles. The fraction of sp³-hybridized carbons (Fsp3) is 0.190. The second-order valence-corrected chi connectivity index (χ2v) is 8.50. The molecule has 2 aromatic rings. The fourth-order valence-corrected chi connectivity index (χ4v) is 4.31. The van der Waals surface area contributed by atoms with Crippen LogP contribution in [0, 0.1) is 5.92 Å². The summed E-state index contributed by atoms with van der Waals surface area (Å²) in [6, 6.07) is 15.2. The molecule has 0 aromatic heterocycles. The number of anilines is 1. The lowest BCUT2D eigenvalue weighted by Crippen LogP contribution is -2.23. The first-order valence-corrected chi connectivity index (χ1v) is 10.6. The van der Waals surface area contributed by atoms with Crippen LogP contribution < -0.4 is 5.32 Å². The van der Waals surface area contributed by atoms with Crippen molar-refractivity contribution in [3.8, 4) is 0 Å². The number of sulfone groups is 1. The maximum Gasteiger partial charge on any atom is 0.306 e. The molecule has 3 rings (SSSR count). The molecule has 0 radical (unpaired) electrons. The lowest BCUT2D eigenvalue weighted by Gasteiger charge is -2.11. The highest BCUT2D eigenvalue weighted by atomic mass is 32.2. The Balaban J connectivity index is 1.57. The second-order valence-electron chi connectivity index (χ2n) is 6.57. The summed E-state index contributed by atoms with van der Waals surface area (Å²) >= 11 is 0. The van der Waals surface area contributed by atoms with E-state index in [1.165, 1.54) is 6.08 Å². The number of carbonyl (C=O) groups excluding carboxylic acids is 3. The van der Waals surface area contributed by atoms with E-state index >= 15 is 0 Å². The predicted octanol–water partition coefficient (Wildman–Crippen LogP) is 2.35. The van der Waals surface area contributed by atoms with Crippen LogP contribution in [-0.4, -0.2) is 38.4 Å². The highest BCUT2D eigenvalue weighted by Gasteiger charge is 2.24. The third-order valence-corrected chi connectivity index (χ3v) is 5.74. The minimum absolute atomic E-state index is 0.119. The molecule has 0 saturated carbocycles. The number of hydrogen-bond acceptors (Lipinski definition) is 6. The molecule has 8 heteroatoms.